The number of nitrogens with zero attached hydrogens (tertiary/aromatic N) is 1. The molecule has 0 radical (unpaired) electrons. The van der Waals surface area contributed by atoms with Crippen LogP contribution >= 0.6 is 11.6 Å². The lowest BCUT2D eigenvalue weighted by molar-refractivity contribution is -0.115. The van der Waals surface area contributed by atoms with Gasteiger partial charge in [0.15, 0.2) is 0 Å². The summed E-state index contributed by atoms with van der Waals surface area (Å²) in [5.41, 5.74) is 3.44. The number of nitrogens with one attached hydrogen (secondary N) is 2. The maximum atomic E-state index is 12.1. The minimum Gasteiger partial charge on any atom is -0.387 e. The molecule has 0 saturated carbocycles. The molecular weight excluding hydrogens is 386 g/mol. The minimum atomic E-state index is -0.511. The summed E-state index contributed by atoms with van der Waals surface area (Å²) in [5, 5.41) is 16.7. The third-order valence-corrected chi connectivity index (χ3v) is 4.68. The summed E-state index contributed by atoms with van der Waals surface area (Å²) in [6.45, 7) is 1.27. The monoisotopic (exact) mass is 409 g/mol. The van der Waals surface area contributed by atoms with Crippen molar-refractivity contribution in [2.45, 2.75) is 18.9 Å². The average molecular weight is 410 g/mol. The SMILES string of the molecule is O=C(Cc1cccc(Cl)n1)Nc1ccc(CCNC[C@H](O)c2ccccc2)cc1. The van der Waals surface area contributed by atoms with Crippen molar-refractivity contribution in [3.05, 3.63) is 94.8 Å². The van der Waals surface area contributed by atoms with Gasteiger partial charge in [-0.2, -0.15) is 0 Å². The van der Waals surface area contributed by atoms with E-state index in [4.69, 9.17) is 11.6 Å². The fraction of sp³-hybridized carbons (Fsp3) is 0.217. The topological polar surface area (TPSA) is 74.2 Å². The van der Waals surface area contributed by atoms with E-state index in [2.05, 4.69) is 15.6 Å². The van der Waals surface area contributed by atoms with Crippen LogP contribution in [0.2, 0.25) is 5.15 Å². The molecule has 0 spiro atoms. The number of hydrogen-bond donors (Lipinski definition) is 3. The average Bonchev–Trinajstić information content (AvgIpc) is 2.73. The van der Waals surface area contributed by atoms with Crippen LogP contribution in [0.3, 0.4) is 0 Å². The van der Waals surface area contributed by atoms with Crippen LogP contribution in [0.15, 0.2) is 72.8 Å². The van der Waals surface area contributed by atoms with Gasteiger partial charge in [-0.3, -0.25) is 4.79 Å². The summed E-state index contributed by atoms with van der Waals surface area (Å²) in [7, 11) is 0. The van der Waals surface area contributed by atoms with Crippen LogP contribution in [0.25, 0.3) is 0 Å². The molecule has 3 rings (SSSR count). The maximum Gasteiger partial charge on any atom is 0.230 e. The number of aliphatic hydroxyl groups excluding tert-OH is 1. The fourth-order valence-corrected chi connectivity index (χ4v) is 3.12. The van der Waals surface area contributed by atoms with E-state index in [0.717, 1.165) is 29.8 Å². The van der Waals surface area contributed by atoms with Crippen molar-refractivity contribution in [1.29, 1.82) is 0 Å². The number of hydrogen-bond acceptors (Lipinski definition) is 4. The predicted molar refractivity (Wildman–Crippen MR) is 116 cm³/mol. The number of aliphatic hydroxyl groups is 1. The Kier molecular flexibility index (Phi) is 7.76. The summed E-state index contributed by atoms with van der Waals surface area (Å²) in [6, 6.07) is 22.6. The van der Waals surface area contributed by atoms with Crippen molar-refractivity contribution < 1.29 is 9.90 Å². The number of carbonyl (C=O) groups excluding carboxylic acids is 1. The first kappa shape index (κ1) is 21.0. The largest absolute Gasteiger partial charge is 0.387 e. The second kappa shape index (κ2) is 10.7. The summed E-state index contributed by atoms with van der Waals surface area (Å²) in [6.07, 6.45) is 0.501. The van der Waals surface area contributed by atoms with Gasteiger partial charge in [-0.25, -0.2) is 4.98 Å². The first-order valence-corrected chi connectivity index (χ1v) is 9.92. The van der Waals surface area contributed by atoms with Crippen LogP contribution in [0.5, 0.6) is 0 Å². The Morgan fingerprint density at radius 1 is 1.00 bits per heavy atom. The Morgan fingerprint density at radius 3 is 2.48 bits per heavy atom. The number of carbonyl (C=O) groups is 1. The number of halogens is 1. The van der Waals surface area contributed by atoms with Crippen molar-refractivity contribution in [3.63, 3.8) is 0 Å². The quantitative estimate of drug-likeness (QED) is 0.371. The lowest BCUT2D eigenvalue weighted by Crippen LogP contribution is -2.23. The summed E-state index contributed by atoms with van der Waals surface area (Å²) >= 11 is 5.84. The molecule has 2 aromatic carbocycles. The summed E-state index contributed by atoms with van der Waals surface area (Å²) in [4.78, 5) is 16.3. The molecule has 29 heavy (non-hydrogen) atoms. The van der Waals surface area contributed by atoms with Crippen molar-refractivity contribution >= 4 is 23.2 Å². The molecule has 0 aliphatic rings. The van der Waals surface area contributed by atoms with Gasteiger partial charge in [-0.05, 0) is 48.4 Å². The molecule has 0 fully saturated rings. The van der Waals surface area contributed by atoms with Gasteiger partial charge in [0.1, 0.15) is 5.15 Å². The van der Waals surface area contributed by atoms with Gasteiger partial charge in [0, 0.05) is 12.2 Å². The van der Waals surface area contributed by atoms with Crippen molar-refractivity contribution in [2.24, 2.45) is 0 Å². The standard InChI is InChI=1S/C23H24ClN3O2/c24-22-8-4-7-20(26-22)15-23(29)27-19-11-9-17(10-12-19)13-14-25-16-21(28)18-5-2-1-3-6-18/h1-12,21,25,28H,13-16H2,(H,27,29)/t21-/m0/s1. The van der Waals surface area contributed by atoms with Gasteiger partial charge in [-0.15, -0.1) is 0 Å². The molecule has 0 unspecified atom stereocenters. The third kappa shape index (κ3) is 6.98. The summed E-state index contributed by atoms with van der Waals surface area (Å²) < 4.78 is 0. The summed E-state index contributed by atoms with van der Waals surface area (Å²) in [5.74, 6) is -0.135. The van der Waals surface area contributed by atoms with Crippen LogP contribution in [0.1, 0.15) is 22.9 Å². The van der Waals surface area contributed by atoms with E-state index in [-0.39, 0.29) is 12.3 Å². The van der Waals surface area contributed by atoms with E-state index in [1.165, 1.54) is 0 Å². The number of benzene rings is 2. The maximum absolute atomic E-state index is 12.1. The Morgan fingerprint density at radius 2 is 1.76 bits per heavy atom. The zero-order valence-electron chi connectivity index (χ0n) is 16.0. The van der Waals surface area contributed by atoms with E-state index < -0.39 is 6.10 Å². The number of rotatable bonds is 9. The predicted octanol–water partition coefficient (Wildman–Crippen LogP) is 3.78. The highest BCUT2D eigenvalue weighted by Gasteiger charge is 2.07. The van der Waals surface area contributed by atoms with Gasteiger partial charge >= 0.3 is 0 Å². The molecule has 3 N–H and O–H groups in total. The molecule has 1 heterocycles. The van der Waals surface area contributed by atoms with Crippen molar-refractivity contribution in [3.8, 4) is 0 Å². The molecule has 0 bridgehead atoms. The molecule has 0 aliphatic heterocycles. The van der Waals surface area contributed by atoms with Crippen LogP contribution in [0, 0.1) is 0 Å². The van der Waals surface area contributed by atoms with Gasteiger partial charge in [0.2, 0.25) is 5.91 Å². The molecule has 0 saturated heterocycles. The molecule has 0 aliphatic carbocycles. The first-order chi connectivity index (χ1) is 14.1. The molecular formula is C23H24ClN3O2. The highest BCUT2D eigenvalue weighted by atomic mass is 35.5. The molecule has 1 amide bonds. The van der Waals surface area contributed by atoms with Gasteiger partial charge in [0.05, 0.1) is 18.2 Å². The fourth-order valence-electron chi connectivity index (χ4n) is 2.94. The zero-order valence-corrected chi connectivity index (χ0v) is 16.8. The molecule has 150 valence electrons. The molecule has 1 aromatic heterocycles. The van der Waals surface area contributed by atoms with E-state index in [1.807, 2.05) is 54.6 Å². The minimum absolute atomic E-state index is 0.135. The normalized spacial score (nSPS) is 11.8. The molecule has 3 aromatic rings. The van der Waals surface area contributed by atoms with Crippen molar-refractivity contribution in [2.75, 3.05) is 18.4 Å². The Hall–Kier alpha value is -2.73. The molecule has 6 heteroatoms. The second-order valence-electron chi connectivity index (χ2n) is 6.75. The highest BCUT2D eigenvalue weighted by Crippen LogP contribution is 2.13. The highest BCUT2D eigenvalue weighted by molar-refractivity contribution is 6.29. The van der Waals surface area contributed by atoms with E-state index in [1.54, 1.807) is 18.2 Å². The number of aromatic nitrogens is 1. The van der Waals surface area contributed by atoms with Crippen molar-refractivity contribution in [1.82, 2.24) is 10.3 Å². The van der Waals surface area contributed by atoms with Crippen LogP contribution in [-0.4, -0.2) is 29.1 Å². The Bertz CT molecular complexity index is 917. The Balaban J connectivity index is 1.40. The zero-order chi connectivity index (χ0) is 20.5. The van der Waals surface area contributed by atoms with E-state index >= 15 is 0 Å². The van der Waals surface area contributed by atoms with Gasteiger partial charge < -0.3 is 15.7 Å². The van der Waals surface area contributed by atoms with Gasteiger partial charge in [-0.1, -0.05) is 60.1 Å². The number of pyridine rings is 1. The molecule has 5 nitrogen and oxygen atoms in total. The lowest BCUT2D eigenvalue weighted by Gasteiger charge is -2.12. The van der Waals surface area contributed by atoms with Crippen LogP contribution in [0.4, 0.5) is 5.69 Å². The number of anilines is 1. The van der Waals surface area contributed by atoms with Crippen LogP contribution < -0.4 is 10.6 Å². The third-order valence-electron chi connectivity index (χ3n) is 4.46. The smallest absolute Gasteiger partial charge is 0.230 e. The lowest BCUT2D eigenvalue weighted by atomic mass is 10.1. The Labute approximate surface area is 175 Å². The number of amides is 1. The van der Waals surface area contributed by atoms with E-state index in [0.29, 0.717) is 17.4 Å². The first-order valence-electron chi connectivity index (χ1n) is 9.54. The van der Waals surface area contributed by atoms with Gasteiger partial charge in [0.25, 0.3) is 0 Å². The van der Waals surface area contributed by atoms with Crippen LogP contribution in [-0.2, 0) is 17.6 Å². The second-order valence-corrected chi connectivity index (χ2v) is 7.14. The van der Waals surface area contributed by atoms with E-state index in [9.17, 15) is 9.90 Å². The molecule has 1 atom stereocenters.